The summed E-state index contributed by atoms with van der Waals surface area (Å²) in [4.78, 5) is 8.70. The predicted octanol–water partition coefficient (Wildman–Crippen LogP) is 5.37. The van der Waals surface area contributed by atoms with Crippen LogP contribution in [-0.2, 0) is 13.1 Å². The number of anilines is 2. The van der Waals surface area contributed by atoms with Gasteiger partial charge in [0.2, 0.25) is 0 Å². The Balaban J connectivity index is 1.57. The van der Waals surface area contributed by atoms with Gasteiger partial charge in [-0.25, -0.2) is 9.97 Å². The van der Waals surface area contributed by atoms with Gasteiger partial charge in [-0.05, 0) is 46.5 Å². The lowest BCUT2D eigenvalue weighted by Gasteiger charge is -2.15. The third-order valence-electron chi connectivity index (χ3n) is 4.57. The molecule has 2 N–H and O–H groups in total. The molecule has 0 fully saturated rings. The van der Waals surface area contributed by atoms with Gasteiger partial charge in [0.1, 0.15) is 11.6 Å². The summed E-state index contributed by atoms with van der Waals surface area (Å²) in [5.41, 5.74) is 4.92. The van der Waals surface area contributed by atoms with E-state index >= 15 is 0 Å². The summed E-state index contributed by atoms with van der Waals surface area (Å²) in [6.45, 7) is 1.43. The molecule has 0 amide bonds. The SMILES string of the molecule is c1ccc(NCc2ccccc2-c2ccccc2CNc2ccccn2)nc1. The zero-order chi connectivity index (χ0) is 19.0. The van der Waals surface area contributed by atoms with Crippen LogP contribution in [0.15, 0.2) is 97.3 Å². The molecule has 2 heterocycles. The van der Waals surface area contributed by atoms with Crippen molar-refractivity contribution in [2.24, 2.45) is 0 Å². The van der Waals surface area contributed by atoms with E-state index in [4.69, 9.17) is 0 Å². The number of benzene rings is 2. The molecule has 0 aliphatic carbocycles. The highest BCUT2D eigenvalue weighted by molar-refractivity contribution is 5.71. The van der Waals surface area contributed by atoms with Gasteiger partial charge in [-0.15, -0.1) is 0 Å². The van der Waals surface area contributed by atoms with E-state index in [-0.39, 0.29) is 0 Å². The van der Waals surface area contributed by atoms with E-state index in [9.17, 15) is 0 Å². The Kier molecular flexibility index (Phi) is 5.59. The van der Waals surface area contributed by atoms with E-state index in [1.807, 2.05) is 36.4 Å². The number of rotatable bonds is 7. The Morgan fingerprint density at radius 3 is 1.36 bits per heavy atom. The number of nitrogens with zero attached hydrogens (tertiary/aromatic N) is 2. The summed E-state index contributed by atoms with van der Waals surface area (Å²) in [5.74, 6) is 1.75. The van der Waals surface area contributed by atoms with Crippen LogP contribution < -0.4 is 10.6 Å². The quantitative estimate of drug-likeness (QED) is 0.462. The van der Waals surface area contributed by atoms with Gasteiger partial charge < -0.3 is 10.6 Å². The molecule has 0 spiro atoms. The number of hydrogen-bond acceptors (Lipinski definition) is 4. The van der Waals surface area contributed by atoms with Crippen LogP contribution in [0.2, 0.25) is 0 Å². The van der Waals surface area contributed by atoms with Gasteiger partial charge in [0.05, 0.1) is 0 Å². The first kappa shape index (κ1) is 17.7. The van der Waals surface area contributed by atoms with Crippen LogP contribution >= 0.6 is 0 Å². The third-order valence-corrected chi connectivity index (χ3v) is 4.57. The fraction of sp³-hybridized carbons (Fsp3) is 0.0833. The number of aromatic nitrogens is 2. The monoisotopic (exact) mass is 366 g/mol. The molecule has 0 bridgehead atoms. The van der Waals surface area contributed by atoms with Gasteiger partial charge in [0.25, 0.3) is 0 Å². The first-order chi connectivity index (χ1) is 13.9. The molecular formula is C24H22N4. The molecule has 0 saturated heterocycles. The number of hydrogen-bond donors (Lipinski definition) is 2. The first-order valence-corrected chi connectivity index (χ1v) is 9.36. The van der Waals surface area contributed by atoms with Crippen molar-refractivity contribution in [3.63, 3.8) is 0 Å². The van der Waals surface area contributed by atoms with Gasteiger partial charge in [-0.2, -0.15) is 0 Å². The largest absolute Gasteiger partial charge is 0.366 e. The summed E-state index contributed by atoms with van der Waals surface area (Å²) in [5, 5.41) is 6.82. The summed E-state index contributed by atoms with van der Waals surface area (Å²) < 4.78 is 0. The van der Waals surface area contributed by atoms with Crippen LogP contribution in [0, 0.1) is 0 Å². The molecule has 28 heavy (non-hydrogen) atoms. The van der Waals surface area contributed by atoms with Crippen LogP contribution in [0.25, 0.3) is 11.1 Å². The van der Waals surface area contributed by atoms with Crippen molar-refractivity contribution in [3.05, 3.63) is 108 Å². The van der Waals surface area contributed by atoms with Crippen molar-refractivity contribution in [3.8, 4) is 11.1 Å². The fourth-order valence-corrected chi connectivity index (χ4v) is 3.18. The van der Waals surface area contributed by atoms with Gasteiger partial charge in [0, 0.05) is 25.5 Å². The normalized spacial score (nSPS) is 10.4. The molecule has 138 valence electrons. The highest BCUT2D eigenvalue weighted by Gasteiger charge is 2.09. The molecule has 2 aromatic heterocycles. The van der Waals surface area contributed by atoms with Crippen molar-refractivity contribution < 1.29 is 0 Å². The summed E-state index contributed by atoms with van der Waals surface area (Å²) in [7, 11) is 0. The topological polar surface area (TPSA) is 49.8 Å². The fourth-order valence-electron chi connectivity index (χ4n) is 3.18. The van der Waals surface area contributed by atoms with Crippen LogP contribution in [0.1, 0.15) is 11.1 Å². The predicted molar refractivity (Wildman–Crippen MR) is 115 cm³/mol. The van der Waals surface area contributed by atoms with E-state index in [1.165, 1.54) is 22.3 Å². The lowest BCUT2D eigenvalue weighted by molar-refractivity contribution is 1.10. The van der Waals surface area contributed by atoms with Gasteiger partial charge in [0.15, 0.2) is 0 Å². The Hall–Kier alpha value is -3.66. The van der Waals surface area contributed by atoms with Crippen LogP contribution in [0.3, 0.4) is 0 Å². The maximum absolute atomic E-state index is 4.35. The number of pyridine rings is 2. The summed E-state index contributed by atoms with van der Waals surface area (Å²) >= 11 is 0. The molecule has 0 saturated carbocycles. The Labute approximate surface area is 165 Å². The van der Waals surface area contributed by atoms with Crippen LogP contribution in [0.4, 0.5) is 11.6 Å². The molecule has 2 aromatic carbocycles. The molecule has 0 aliphatic rings. The minimum absolute atomic E-state index is 0.717. The van der Waals surface area contributed by atoms with Crippen molar-refractivity contribution >= 4 is 11.6 Å². The molecule has 4 rings (SSSR count). The van der Waals surface area contributed by atoms with Crippen LogP contribution in [0.5, 0.6) is 0 Å². The van der Waals surface area contributed by atoms with Crippen molar-refractivity contribution in [2.45, 2.75) is 13.1 Å². The minimum atomic E-state index is 0.717. The summed E-state index contributed by atoms with van der Waals surface area (Å²) in [6, 6.07) is 28.8. The zero-order valence-electron chi connectivity index (χ0n) is 15.5. The van der Waals surface area contributed by atoms with Crippen molar-refractivity contribution in [1.82, 2.24) is 9.97 Å². The average molecular weight is 366 g/mol. The van der Waals surface area contributed by atoms with E-state index in [2.05, 4.69) is 69.1 Å². The highest BCUT2D eigenvalue weighted by Crippen LogP contribution is 2.28. The Morgan fingerprint density at radius 1 is 0.500 bits per heavy atom. The Morgan fingerprint density at radius 2 is 0.929 bits per heavy atom. The number of nitrogens with one attached hydrogen (secondary N) is 2. The third kappa shape index (κ3) is 4.35. The van der Waals surface area contributed by atoms with Crippen molar-refractivity contribution in [2.75, 3.05) is 10.6 Å². The Bertz CT molecular complexity index is 932. The van der Waals surface area contributed by atoms with Gasteiger partial charge in [-0.1, -0.05) is 60.7 Å². The second-order valence-corrected chi connectivity index (χ2v) is 6.45. The molecule has 4 heteroatoms. The van der Waals surface area contributed by atoms with E-state index in [1.54, 1.807) is 12.4 Å². The van der Waals surface area contributed by atoms with E-state index in [0.717, 1.165) is 24.7 Å². The molecule has 0 aliphatic heterocycles. The zero-order valence-corrected chi connectivity index (χ0v) is 15.5. The average Bonchev–Trinajstić information content (AvgIpc) is 2.78. The smallest absolute Gasteiger partial charge is 0.126 e. The molecular weight excluding hydrogens is 344 g/mol. The second kappa shape index (κ2) is 8.82. The molecule has 0 atom stereocenters. The molecule has 4 aromatic rings. The first-order valence-electron chi connectivity index (χ1n) is 9.36. The minimum Gasteiger partial charge on any atom is -0.366 e. The molecule has 0 unspecified atom stereocenters. The van der Waals surface area contributed by atoms with Crippen LogP contribution in [-0.4, -0.2) is 9.97 Å². The van der Waals surface area contributed by atoms with E-state index < -0.39 is 0 Å². The standard InChI is InChI=1S/C24H22N4/c1-3-11-21(19(9-1)17-27-23-13-5-7-15-25-23)22-12-4-2-10-20(22)18-28-24-14-6-8-16-26-24/h1-16H,17-18H2,(H,25,27)(H,26,28). The maximum Gasteiger partial charge on any atom is 0.126 e. The van der Waals surface area contributed by atoms with Crippen molar-refractivity contribution in [1.29, 1.82) is 0 Å². The molecule has 4 nitrogen and oxygen atoms in total. The highest BCUT2D eigenvalue weighted by atomic mass is 15.0. The molecule has 0 radical (unpaired) electrons. The van der Waals surface area contributed by atoms with E-state index in [0.29, 0.717) is 0 Å². The van der Waals surface area contributed by atoms with Gasteiger partial charge >= 0.3 is 0 Å². The lowest BCUT2D eigenvalue weighted by Crippen LogP contribution is -2.05. The maximum atomic E-state index is 4.35. The second-order valence-electron chi connectivity index (χ2n) is 6.45. The lowest BCUT2D eigenvalue weighted by atomic mass is 9.95. The van der Waals surface area contributed by atoms with Gasteiger partial charge in [-0.3, -0.25) is 0 Å². The summed E-state index contributed by atoms with van der Waals surface area (Å²) in [6.07, 6.45) is 3.60.